The highest BCUT2D eigenvalue weighted by Crippen LogP contribution is 2.36. The lowest BCUT2D eigenvalue weighted by Crippen LogP contribution is -2.26. The largest absolute Gasteiger partial charge is 0.332 e. The van der Waals surface area contributed by atoms with Gasteiger partial charge in [-0.05, 0) is 25.8 Å². The maximum absolute atomic E-state index is 4.59. The number of anilines is 3. The average Bonchev–Trinajstić information content (AvgIpc) is 3.25. The first kappa shape index (κ1) is 14.9. The normalized spacial score (nSPS) is 17.2. The molecule has 0 aliphatic carbocycles. The van der Waals surface area contributed by atoms with Gasteiger partial charge in [-0.15, -0.1) is 11.3 Å². The number of rotatable bonds is 4. The summed E-state index contributed by atoms with van der Waals surface area (Å²) in [6.45, 7) is 2.95. The van der Waals surface area contributed by atoms with Crippen LogP contribution in [0.4, 0.5) is 16.9 Å². The van der Waals surface area contributed by atoms with E-state index >= 15 is 0 Å². The molecule has 3 aromatic rings. The van der Waals surface area contributed by atoms with Crippen LogP contribution in [0, 0.1) is 6.92 Å². The Balaban J connectivity index is 1.66. The van der Waals surface area contributed by atoms with E-state index in [4.69, 9.17) is 0 Å². The monoisotopic (exact) mass is 339 g/mol. The van der Waals surface area contributed by atoms with Gasteiger partial charge in [0.2, 0.25) is 5.95 Å². The van der Waals surface area contributed by atoms with Gasteiger partial charge in [0.25, 0.3) is 0 Å². The van der Waals surface area contributed by atoms with E-state index in [1.807, 2.05) is 19.2 Å². The highest BCUT2D eigenvalue weighted by molar-refractivity contribution is 7.15. The molecule has 0 saturated carbocycles. The predicted octanol–water partition coefficient (Wildman–Crippen LogP) is 3.12. The molecule has 0 spiro atoms. The zero-order chi connectivity index (χ0) is 16.4. The quantitative estimate of drug-likeness (QED) is 0.782. The Morgan fingerprint density at radius 3 is 2.71 bits per heavy atom. The number of nitrogens with one attached hydrogen (secondary N) is 1. The van der Waals surface area contributed by atoms with Crippen LogP contribution in [0.25, 0.3) is 0 Å². The van der Waals surface area contributed by atoms with E-state index in [-0.39, 0.29) is 6.04 Å². The summed E-state index contributed by atoms with van der Waals surface area (Å²) in [6.07, 6.45) is 10.9. The number of nitrogens with zero attached hydrogens (tertiary/aromatic N) is 6. The summed E-state index contributed by atoms with van der Waals surface area (Å²) in [7, 11) is 0. The number of hydrogen-bond acceptors (Lipinski definition) is 8. The van der Waals surface area contributed by atoms with Crippen molar-refractivity contribution in [2.24, 2.45) is 0 Å². The smallest absolute Gasteiger partial charge is 0.225 e. The maximum atomic E-state index is 4.59. The van der Waals surface area contributed by atoms with Crippen LogP contribution >= 0.6 is 11.3 Å². The van der Waals surface area contributed by atoms with Crippen LogP contribution in [-0.4, -0.2) is 31.5 Å². The zero-order valence-electron chi connectivity index (χ0n) is 13.3. The Bertz CT molecular complexity index is 820. The number of aromatic nitrogens is 5. The Morgan fingerprint density at radius 1 is 1.08 bits per heavy atom. The highest BCUT2D eigenvalue weighted by atomic mass is 32.1. The number of hydrogen-bond donors (Lipinski definition) is 1. The van der Waals surface area contributed by atoms with Crippen molar-refractivity contribution in [2.45, 2.75) is 25.8 Å². The van der Waals surface area contributed by atoms with E-state index in [0.717, 1.165) is 46.9 Å². The van der Waals surface area contributed by atoms with Crippen molar-refractivity contribution < 1.29 is 0 Å². The molecule has 1 atom stereocenters. The van der Waals surface area contributed by atoms with Crippen molar-refractivity contribution in [1.82, 2.24) is 24.9 Å². The van der Waals surface area contributed by atoms with Gasteiger partial charge in [0, 0.05) is 42.4 Å². The molecule has 122 valence electrons. The van der Waals surface area contributed by atoms with Gasteiger partial charge in [0.1, 0.15) is 5.69 Å². The molecule has 4 rings (SSSR count). The average molecular weight is 339 g/mol. The zero-order valence-corrected chi connectivity index (χ0v) is 14.1. The molecule has 3 aromatic heterocycles. The van der Waals surface area contributed by atoms with Crippen molar-refractivity contribution in [3.63, 3.8) is 0 Å². The molecule has 0 radical (unpaired) electrons. The van der Waals surface area contributed by atoms with E-state index in [9.17, 15) is 0 Å². The molecule has 7 nitrogen and oxygen atoms in total. The molecule has 1 saturated heterocycles. The molecule has 1 aliphatic rings. The van der Waals surface area contributed by atoms with Crippen LogP contribution in [0.2, 0.25) is 0 Å². The van der Waals surface area contributed by atoms with Crippen molar-refractivity contribution in [3.8, 4) is 0 Å². The van der Waals surface area contributed by atoms with Crippen LogP contribution in [0.5, 0.6) is 0 Å². The first-order valence-electron chi connectivity index (χ1n) is 7.85. The van der Waals surface area contributed by atoms with Crippen LogP contribution in [-0.2, 0) is 0 Å². The second-order valence-electron chi connectivity index (χ2n) is 5.59. The third-order valence-electron chi connectivity index (χ3n) is 3.95. The molecule has 0 amide bonds. The number of thiazole rings is 1. The minimum atomic E-state index is 0.115. The van der Waals surface area contributed by atoms with Crippen molar-refractivity contribution in [2.75, 3.05) is 16.8 Å². The molecule has 1 N–H and O–H groups in total. The van der Waals surface area contributed by atoms with Crippen LogP contribution < -0.4 is 10.2 Å². The molecular weight excluding hydrogens is 322 g/mol. The summed E-state index contributed by atoms with van der Waals surface area (Å²) < 4.78 is 0. The van der Waals surface area contributed by atoms with Gasteiger partial charge >= 0.3 is 0 Å². The van der Waals surface area contributed by atoms with Gasteiger partial charge in [-0.3, -0.25) is 4.98 Å². The summed E-state index contributed by atoms with van der Waals surface area (Å²) in [5, 5.41) is 4.14. The molecule has 1 aliphatic heterocycles. The first-order chi connectivity index (χ1) is 11.8. The summed E-state index contributed by atoms with van der Waals surface area (Å²) in [5.74, 6) is 1.49. The topological polar surface area (TPSA) is 79.7 Å². The van der Waals surface area contributed by atoms with E-state index in [1.54, 1.807) is 36.1 Å². The molecule has 24 heavy (non-hydrogen) atoms. The van der Waals surface area contributed by atoms with Gasteiger partial charge in [-0.1, -0.05) is 0 Å². The van der Waals surface area contributed by atoms with Gasteiger partial charge < -0.3 is 10.2 Å². The number of aryl methyl sites for hydroxylation is 1. The Kier molecular flexibility index (Phi) is 4.04. The minimum Gasteiger partial charge on any atom is -0.332 e. The summed E-state index contributed by atoms with van der Waals surface area (Å²) >= 11 is 1.60. The molecule has 4 heterocycles. The van der Waals surface area contributed by atoms with Gasteiger partial charge in [0.05, 0.1) is 6.04 Å². The van der Waals surface area contributed by atoms with Crippen LogP contribution in [0.3, 0.4) is 0 Å². The molecule has 8 heteroatoms. The van der Waals surface area contributed by atoms with Crippen molar-refractivity contribution >= 4 is 28.2 Å². The Labute approximate surface area is 143 Å². The van der Waals surface area contributed by atoms with Crippen molar-refractivity contribution in [1.29, 1.82) is 0 Å². The summed E-state index contributed by atoms with van der Waals surface area (Å²) in [6, 6.07) is 1.94. The van der Waals surface area contributed by atoms with Crippen LogP contribution in [0.15, 0.2) is 37.1 Å². The Hall–Kier alpha value is -2.61. The lowest BCUT2D eigenvalue weighted by Gasteiger charge is -2.25. The summed E-state index contributed by atoms with van der Waals surface area (Å²) in [5.41, 5.74) is 0.912. The van der Waals surface area contributed by atoms with E-state index in [0.29, 0.717) is 0 Å². The second kappa shape index (κ2) is 6.48. The summed E-state index contributed by atoms with van der Waals surface area (Å²) in [4.78, 5) is 25.6. The lowest BCUT2D eigenvalue weighted by molar-refractivity contribution is 0.677. The van der Waals surface area contributed by atoms with Gasteiger partial charge in [-0.25, -0.2) is 19.9 Å². The fraction of sp³-hybridized carbons (Fsp3) is 0.312. The molecule has 0 aromatic carbocycles. The SMILES string of the molecule is Cc1cnc(Nc2nccnc2C2CCCN2c2ncccn2)s1. The third kappa shape index (κ3) is 2.92. The standard InChI is InChI=1S/C16H17N7S/c1-11-10-21-16(24-11)22-14-13(17-7-8-18-14)12-4-2-9-23(12)15-19-5-3-6-20-15/h3,5-8,10,12H,2,4,9H2,1H3,(H,18,21,22). The third-order valence-corrected chi connectivity index (χ3v) is 4.78. The van der Waals surface area contributed by atoms with Gasteiger partial charge in [-0.2, -0.15) is 0 Å². The Morgan fingerprint density at radius 2 is 1.92 bits per heavy atom. The fourth-order valence-electron chi connectivity index (χ4n) is 2.93. The van der Waals surface area contributed by atoms with E-state index < -0.39 is 0 Å². The highest BCUT2D eigenvalue weighted by Gasteiger charge is 2.31. The van der Waals surface area contributed by atoms with E-state index in [1.165, 1.54) is 0 Å². The molecule has 1 fully saturated rings. The minimum absolute atomic E-state index is 0.115. The van der Waals surface area contributed by atoms with E-state index in [2.05, 4.69) is 35.1 Å². The van der Waals surface area contributed by atoms with Crippen molar-refractivity contribution in [3.05, 3.63) is 47.6 Å². The van der Waals surface area contributed by atoms with Gasteiger partial charge in [0.15, 0.2) is 10.9 Å². The lowest BCUT2D eigenvalue weighted by atomic mass is 10.1. The fourth-order valence-corrected chi connectivity index (χ4v) is 3.60. The van der Waals surface area contributed by atoms with Crippen LogP contribution in [0.1, 0.15) is 29.5 Å². The molecule has 0 bridgehead atoms. The first-order valence-corrected chi connectivity index (χ1v) is 8.67. The molecular formula is C16H17N7S. The predicted molar refractivity (Wildman–Crippen MR) is 93.5 cm³/mol. The second-order valence-corrected chi connectivity index (χ2v) is 6.83. The maximum Gasteiger partial charge on any atom is 0.225 e. The molecule has 1 unspecified atom stereocenters.